The van der Waals surface area contributed by atoms with Crippen LogP contribution in [0.2, 0.25) is 0 Å². The predicted molar refractivity (Wildman–Crippen MR) is 91.9 cm³/mol. The highest BCUT2D eigenvalue weighted by Gasteiger charge is 2.28. The lowest BCUT2D eigenvalue weighted by Crippen LogP contribution is -2.44. The largest absolute Gasteiger partial charge is 0.375 e. The van der Waals surface area contributed by atoms with Gasteiger partial charge in [0.25, 0.3) is 5.91 Å². The summed E-state index contributed by atoms with van der Waals surface area (Å²) in [6, 6.07) is 0. The monoisotopic (exact) mass is 360 g/mol. The number of hydrogen-bond donors (Lipinski definition) is 1. The van der Waals surface area contributed by atoms with Gasteiger partial charge in [-0.25, -0.2) is 0 Å². The minimum absolute atomic E-state index is 0.0444. The number of ether oxygens (including phenoxy) is 1. The van der Waals surface area contributed by atoms with Gasteiger partial charge in [0.15, 0.2) is 5.82 Å². The Hall–Kier alpha value is -2.33. The maximum absolute atomic E-state index is 13.1. The number of carbonyl (C=O) groups excluding carboxylic acids is 1. The van der Waals surface area contributed by atoms with Gasteiger partial charge in [-0.1, -0.05) is 6.42 Å². The molecule has 2 aromatic heterocycles. The fraction of sp³-hybridized carbons (Fsp3) is 0.688. The van der Waals surface area contributed by atoms with Crippen LogP contribution in [0, 0.1) is 0 Å². The van der Waals surface area contributed by atoms with Crippen LogP contribution in [-0.2, 0) is 4.74 Å². The summed E-state index contributed by atoms with van der Waals surface area (Å²) in [5.41, 5.74) is 0.468. The van der Waals surface area contributed by atoms with Crippen LogP contribution in [0.5, 0.6) is 0 Å². The molecule has 2 aliphatic rings. The molecule has 0 aliphatic carbocycles. The van der Waals surface area contributed by atoms with Crippen LogP contribution in [0.4, 0.5) is 0 Å². The summed E-state index contributed by atoms with van der Waals surface area (Å²) in [6.07, 6.45) is 7.66. The zero-order valence-electron chi connectivity index (χ0n) is 14.8. The third-order valence-electron chi connectivity index (χ3n) is 4.98. The first-order valence-electron chi connectivity index (χ1n) is 9.21. The van der Waals surface area contributed by atoms with Crippen molar-refractivity contribution in [1.82, 2.24) is 40.2 Å². The number of tetrazole rings is 1. The number of hydrogen-bond acceptors (Lipinski definition) is 7. The standard InChI is InChI=1S/C16H24N8O2/c25-16(14-9-17-19-15(14)24-12-18-20-21-24)23-7-4-8-26-13(11-23)10-22-5-2-1-3-6-22/h9,12-13H,1-8,10-11H2,(H,17,19)/t13-/m1/s1. The van der Waals surface area contributed by atoms with E-state index in [9.17, 15) is 4.79 Å². The first-order chi connectivity index (χ1) is 12.8. The molecule has 0 saturated carbocycles. The van der Waals surface area contributed by atoms with Gasteiger partial charge in [0.1, 0.15) is 11.9 Å². The van der Waals surface area contributed by atoms with E-state index in [4.69, 9.17) is 4.74 Å². The Morgan fingerprint density at radius 3 is 2.92 bits per heavy atom. The zero-order valence-corrected chi connectivity index (χ0v) is 14.8. The molecule has 2 saturated heterocycles. The van der Waals surface area contributed by atoms with Crippen LogP contribution in [0.1, 0.15) is 36.0 Å². The van der Waals surface area contributed by atoms with Gasteiger partial charge < -0.3 is 14.5 Å². The summed E-state index contributed by atoms with van der Waals surface area (Å²) in [4.78, 5) is 17.4. The van der Waals surface area contributed by atoms with Gasteiger partial charge in [0.2, 0.25) is 0 Å². The Labute approximate surface area is 151 Å². The second kappa shape index (κ2) is 7.92. The third kappa shape index (κ3) is 3.75. The molecule has 0 bridgehead atoms. The van der Waals surface area contributed by atoms with Gasteiger partial charge in [0, 0.05) is 26.2 Å². The molecule has 0 radical (unpaired) electrons. The molecular formula is C16H24N8O2. The van der Waals surface area contributed by atoms with E-state index in [0.717, 1.165) is 26.1 Å². The van der Waals surface area contributed by atoms with Gasteiger partial charge in [-0.05, 0) is 42.8 Å². The lowest BCUT2D eigenvalue weighted by Gasteiger charge is -2.31. The van der Waals surface area contributed by atoms with Crippen molar-refractivity contribution in [2.24, 2.45) is 0 Å². The number of piperidine rings is 1. The average Bonchev–Trinajstić information content (AvgIpc) is 3.31. The lowest BCUT2D eigenvalue weighted by molar-refractivity contribution is 0.0216. The van der Waals surface area contributed by atoms with E-state index in [-0.39, 0.29) is 12.0 Å². The van der Waals surface area contributed by atoms with Crippen molar-refractivity contribution in [3.8, 4) is 5.82 Å². The lowest BCUT2D eigenvalue weighted by atomic mass is 10.1. The Bertz CT molecular complexity index is 710. The zero-order chi connectivity index (χ0) is 17.8. The van der Waals surface area contributed by atoms with Gasteiger partial charge in [-0.3, -0.25) is 9.89 Å². The molecule has 4 rings (SSSR count). The number of carbonyl (C=O) groups is 1. The van der Waals surface area contributed by atoms with Gasteiger partial charge in [-0.15, -0.1) is 5.10 Å². The van der Waals surface area contributed by atoms with Crippen LogP contribution >= 0.6 is 0 Å². The minimum Gasteiger partial charge on any atom is -0.375 e. The topological polar surface area (TPSA) is 105 Å². The number of nitrogens with one attached hydrogen (secondary N) is 1. The summed E-state index contributed by atoms with van der Waals surface area (Å²) >= 11 is 0. The molecule has 1 amide bonds. The summed E-state index contributed by atoms with van der Waals surface area (Å²) in [6.45, 7) is 5.09. The Balaban J connectivity index is 1.46. The molecule has 4 heterocycles. The number of likely N-dealkylation sites (tertiary alicyclic amines) is 1. The number of aromatic nitrogens is 6. The van der Waals surface area contributed by atoms with Crippen molar-refractivity contribution < 1.29 is 9.53 Å². The number of rotatable bonds is 4. The first kappa shape index (κ1) is 17.1. The average molecular weight is 360 g/mol. The van der Waals surface area contributed by atoms with E-state index in [1.165, 1.54) is 36.5 Å². The van der Waals surface area contributed by atoms with Crippen molar-refractivity contribution in [3.05, 3.63) is 18.1 Å². The Kier molecular flexibility index (Phi) is 5.21. The highest BCUT2D eigenvalue weighted by atomic mass is 16.5. The molecule has 140 valence electrons. The van der Waals surface area contributed by atoms with Crippen LogP contribution in [0.15, 0.2) is 12.5 Å². The first-order valence-corrected chi connectivity index (χ1v) is 9.21. The molecule has 1 N–H and O–H groups in total. The van der Waals surface area contributed by atoms with E-state index in [1.807, 2.05) is 4.90 Å². The molecule has 1 atom stereocenters. The maximum Gasteiger partial charge on any atom is 0.259 e. The SMILES string of the molecule is O=C(c1cn[nH]c1-n1cnnn1)N1CCCO[C@H](CN2CCCCC2)C1. The molecule has 2 aromatic rings. The van der Waals surface area contributed by atoms with Crippen LogP contribution in [0.25, 0.3) is 5.82 Å². The van der Waals surface area contributed by atoms with E-state index in [0.29, 0.717) is 31.1 Å². The minimum atomic E-state index is -0.0709. The fourth-order valence-electron chi connectivity index (χ4n) is 3.66. The maximum atomic E-state index is 13.1. The highest BCUT2D eigenvalue weighted by molar-refractivity contribution is 5.97. The molecule has 10 nitrogen and oxygen atoms in total. The molecule has 0 spiro atoms. The molecular weight excluding hydrogens is 336 g/mol. The Morgan fingerprint density at radius 2 is 2.12 bits per heavy atom. The van der Waals surface area contributed by atoms with E-state index >= 15 is 0 Å². The second-order valence-corrected chi connectivity index (χ2v) is 6.85. The highest BCUT2D eigenvalue weighted by Crippen LogP contribution is 2.17. The van der Waals surface area contributed by atoms with Crippen LogP contribution in [-0.4, -0.2) is 91.5 Å². The number of amides is 1. The van der Waals surface area contributed by atoms with Crippen molar-refractivity contribution in [2.45, 2.75) is 31.8 Å². The molecule has 0 aromatic carbocycles. The van der Waals surface area contributed by atoms with Crippen molar-refractivity contribution in [3.63, 3.8) is 0 Å². The predicted octanol–water partition coefficient (Wildman–Crippen LogP) is 0.102. The molecule has 0 unspecified atom stereocenters. The van der Waals surface area contributed by atoms with Crippen molar-refractivity contribution >= 4 is 5.91 Å². The third-order valence-corrected chi connectivity index (χ3v) is 4.98. The quantitative estimate of drug-likeness (QED) is 0.824. The van der Waals surface area contributed by atoms with E-state index in [2.05, 4.69) is 30.6 Å². The summed E-state index contributed by atoms with van der Waals surface area (Å²) in [5.74, 6) is 0.413. The van der Waals surface area contributed by atoms with Crippen molar-refractivity contribution in [1.29, 1.82) is 0 Å². The summed E-state index contributed by atoms with van der Waals surface area (Å²) < 4.78 is 7.43. The molecule has 26 heavy (non-hydrogen) atoms. The second-order valence-electron chi connectivity index (χ2n) is 6.85. The van der Waals surface area contributed by atoms with E-state index < -0.39 is 0 Å². The van der Waals surface area contributed by atoms with E-state index in [1.54, 1.807) is 0 Å². The molecule has 10 heteroatoms. The normalized spacial score (nSPS) is 22.3. The van der Waals surface area contributed by atoms with Gasteiger partial charge in [-0.2, -0.15) is 9.78 Å². The number of aromatic amines is 1. The smallest absolute Gasteiger partial charge is 0.259 e. The molecule has 2 aliphatic heterocycles. The summed E-state index contributed by atoms with van der Waals surface area (Å²) in [5, 5.41) is 17.9. The van der Waals surface area contributed by atoms with Gasteiger partial charge >= 0.3 is 0 Å². The van der Waals surface area contributed by atoms with Gasteiger partial charge in [0.05, 0.1) is 12.3 Å². The number of nitrogens with zero attached hydrogens (tertiary/aromatic N) is 7. The summed E-state index contributed by atoms with van der Waals surface area (Å²) in [7, 11) is 0. The number of H-pyrrole nitrogens is 1. The molecule has 2 fully saturated rings. The van der Waals surface area contributed by atoms with Crippen LogP contribution < -0.4 is 0 Å². The van der Waals surface area contributed by atoms with Crippen LogP contribution in [0.3, 0.4) is 0 Å². The van der Waals surface area contributed by atoms with Crippen molar-refractivity contribution in [2.75, 3.05) is 39.3 Å². The fourth-order valence-corrected chi connectivity index (χ4v) is 3.66. The Morgan fingerprint density at radius 1 is 1.23 bits per heavy atom.